The van der Waals surface area contributed by atoms with Crippen molar-refractivity contribution in [1.82, 2.24) is 24.6 Å². The number of benzene rings is 2. The molecule has 6 nitrogen and oxygen atoms in total. The van der Waals surface area contributed by atoms with Crippen LogP contribution in [0.1, 0.15) is 37.6 Å². The van der Waals surface area contributed by atoms with Gasteiger partial charge in [0, 0.05) is 26.1 Å². The van der Waals surface area contributed by atoms with Crippen LogP contribution in [0.2, 0.25) is 0 Å². The Labute approximate surface area is 195 Å². The van der Waals surface area contributed by atoms with E-state index in [0.717, 1.165) is 61.0 Å². The molecule has 1 fully saturated rings. The van der Waals surface area contributed by atoms with Crippen LogP contribution in [0.5, 0.6) is 0 Å². The van der Waals surface area contributed by atoms with Gasteiger partial charge in [-0.15, -0.1) is 0 Å². The molecule has 33 heavy (non-hydrogen) atoms. The third kappa shape index (κ3) is 4.91. The number of fused-ring (bicyclic) bond motifs is 1. The van der Waals surface area contributed by atoms with Gasteiger partial charge in [-0.3, -0.25) is 0 Å². The van der Waals surface area contributed by atoms with Crippen molar-refractivity contribution in [2.45, 2.75) is 32.6 Å². The number of aromatic nitrogens is 4. The van der Waals surface area contributed by atoms with Crippen molar-refractivity contribution in [2.75, 3.05) is 37.6 Å². The second kappa shape index (κ2) is 10.1. The van der Waals surface area contributed by atoms with Gasteiger partial charge < -0.3 is 9.80 Å². The summed E-state index contributed by atoms with van der Waals surface area (Å²) in [5.74, 6) is 1.86. The molecule has 0 saturated carbocycles. The lowest BCUT2D eigenvalue weighted by atomic mass is 10.1. The zero-order valence-corrected chi connectivity index (χ0v) is 19.4. The van der Waals surface area contributed by atoms with E-state index >= 15 is 0 Å². The van der Waals surface area contributed by atoms with E-state index in [4.69, 9.17) is 15.1 Å². The maximum atomic E-state index is 5.10. The summed E-state index contributed by atoms with van der Waals surface area (Å²) in [4.78, 5) is 15.1. The second-order valence-corrected chi connectivity index (χ2v) is 8.79. The molecule has 5 rings (SSSR count). The van der Waals surface area contributed by atoms with Gasteiger partial charge in [0.15, 0.2) is 5.65 Å². The summed E-state index contributed by atoms with van der Waals surface area (Å²) in [6.07, 6.45) is 6.30. The summed E-state index contributed by atoms with van der Waals surface area (Å²) in [6, 6.07) is 20.7. The molecule has 1 saturated heterocycles. The number of hydrogen-bond donors (Lipinski definition) is 0. The first-order valence-electron chi connectivity index (χ1n) is 12.1. The zero-order valence-electron chi connectivity index (χ0n) is 19.4. The van der Waals surface area contributed by atoms with Crippen molar-refractivity contribution in [2.24, 2.45) is 0 Å². The highest BCUT2D eigenvalue weighted by atomic mass is 15.3. The van der Waals surface area contributed by atoms with Gasteiger partial charge in [0.1, 0.15) is 11.6 Å². The number of para-hydroxylation sites is 1. The minimum Gasteiger partial charge on any atom is -0.355 e. The minimum atomic E-state index is 0.709. The number of hydrogen-bond acceptors (Lipinski definition) is 5. The van der Waals surface area contributed by atoms with E-state index in [1.165, 1.54) is 24.9 Å². The molecule has 0 bridgehead atoms. The van der Waals surface area contributed by atoms with Crippen LogP contribution >= 0.6 is 0 Å². The third-order valence-electron chi connectivity index (χ3n) is 6.38. The van der Waals surface area contributed by atoms with Crippen molar-refractivity contribution >= 4 is 16.9 Å². The topological polar surface area (TPSA) is 50.1 Å². The number of rotatable bonds is 7. The van der Waals surface area contributed by atoms with E-state index in [1.807, 2.05) is 35.1 Å². The van der Waals surface area contributed by atoms with E-state index in [9.17, 15) is 0 Å². The molecule has 0 N–H and O–H groups in total. The molecule has 3 heterocycles. The summed E-state index contributed by atoms with van der Waals surface area (Å²) in [5, 5.41) is 5.75. The van der Waals surface area contributed by atoms with Gasteiger partial charge in [-0.05, 0) is 43.6 Å². The van der Waals surface area contributed by atoms with E-state index in [1.54, 1.807) is 0 Å². The molecule has 170 valence electrons. The molecule has 2 aromatic heterocycles. The lowest BCUT2D eigenvalue weighted by Crippen LogP contribution is -2.32. The van der Waals surface area contributed by atoms with Crippen molar-refractivity contribution in [1.29, 1.82) is 0 Å². The smallest absolute Gasteiger partial charge is 0.168 e. The average molecular weight is 441 g/mol. The van der Waals surface area contributed by atoms with Crippen LogP contribution in [0.3, 0.4) is 0 Å². The van der Waals surface area contributed by atoms with E-state index < -0.39 is 0 Å². The minimum absolute atomic E-state index is 0.709. The quantitative estimate of drug-likeness (QED) is 0.416. The molecule has 4 aromatic rings. The van der Waals surface area contributed by atoms with Crippen molar-refractivity contribution in [3.05, 3.63) is 78.2 Å². The van der Waals surface area contributed by atoms with Gasteiger partial charge in [0.25, 0.3) is 0 Å². The highest BCUT2D eigenvalue weighted by Gasteiger charge is 2.21. The standard InChI is InChI=1S/C27H32N6/c1-2-3-15-31-16-10-17-32(19-18-31)26-24-21-28-33(23-13-8-5-9-14-23)27(24)30-25(29-26)20-22-11-6-4-7-12-22/h4-9,11-14,21H,2-3,10,15-20H2,1H3. The highest BCUT2D eigenvalue weighted by Crippen LogP contribution is 2.27. The van der Waals surface area contributed by atoms with Gasteiger partial charge in [-0.1, -0.05) is 61.9 Å². The maximum Gasteiger partial charge on any atom is 0.168 e. The van der Waals surface area contributed by atoms with Crippen LogP contribution in [0.15, 0.2) is 66.9 Å². The average Bonchev–Trinajstić information content (AvgIpc) is 3.14. The highest BCUT2D eigenvalue weighted by molar-refractivity contribution is 5.88. The number of anilines is 1. The lowest BCUT2D eigenvalue weighted by Gasteiger charge is -2.23. The first-order valence-corrected chi connectivity index (χ1v) is 12.1. The lowest BCUT2D eigenvalue weighted by molar-refractivity contribution is 0.289. The Bertz CT molecular complexity index is 1170. The Morgan fingerprint density at radius 3 is 2.42 bits per heavy atom. The predicted octanol–water partition coefficient (Wildman–Crippen LogP) is 4.72. The van der Waals surface area contributed by atoms with E-state index in [-0.39, 0.29) is 0 Å². The summed E-state index contributed by atoms with van der Waals surface area (Å²) >= 11 is 0. The monoisotopic (exact) mass is 440 g/mol. The SMILES string of the molecule is CCCCN1CCCN(c2nc(Cc3ccccc3)nc3c2cnn3-c2ccccc2)CC1. The number of nitrogens with zero attached hydrogens (tertiary/aromatic N) is 6. The molecule has 6 heteroatoms. The first-order chi connectivity index (χ1) is 16.3. The molecule has 2 aromatic carbocycles. The summed E-state index contributed by atoms with van der Waals surface area (Å²) < 4.78 is 1.94. The fourth-order valence-corrected chi connectivity index (χ4v) is 4.58. The number of unbranched alkanes of at least 4 members (excludes halogenated alkanes) is 1. The maximum absolute atomic E-state index is 5.10. The Kier molecular flexibility index (Phi) is 6.63. The Morgan fingerprint density at radius 1 is 0.848 bits per heavy atom. The third-order valence-corrected chi connectivity index (χ3v) is 6.38. The first kappa shape index (κ1) is 21.6. The Hall–Kier alpha value is -3.25. The van der Waals surface area contributed by atoms with Crippen LogP contribution in [0.25, 0.3) is 16.7 Å². The van der Waals surface area contributed by atoms with Gasteiger partial charge in [0.05, 0.1) is 17.3 Å². The Morgan fingerprint density at radius 2 is 1.64 bits per heavy atom. The van der Waals surface area contributed by atoms with Crippen LogP contribution < -0.4 is 4.90 Å². The molecule has 0 unspecified atom stereocenters. The van der Waals surface area contributed by atoms with Crippen molar-refractivity contribution in [3.63, 3.8) is 0 Å². The van der Waals surface area contributed by atoms with Crippen molar-refractivity contribution < 1.29 is 0 Å². The summed E-state index contributed by atoms with van der Waals surface area (Å²) in [5.41, 5.74) is 3.11. The van der Waals surface area contributed by atoms with E-state index in [2.05, 4.69) is 53.1 Å². The summed E-state index contributed by atoms with van der Waals surface area (Å²) in [6.45, 7) is 7.68. The fraction of sp³-hybridized carbons (Fsp3) is 0.370. The predicted molar refractivity (Wildman–Crippen MR) is 134 cm³/mol. The zero-order chi connectivity index (χ0) is 22.5. The fourth-order valence-electron chi connectivity index (χ4n) is 4.58. The van der Waals surface area contributed by atoms with Crippen LogP contribution in [0.4, 0.5) is 5.82 Å². The Balaban J connectivity index is 1.53. The molecule has 0 amide bonds. The van der Waals surface area contributed by atoms with Gasteiger partial charge in [-0.25, -0.2) is 14.6 Å². The molecule has 0 atom stereocenters. The molecule has 0 spiro atoms. The normalized spacial score (nSPS) is 15.1. The van der Waals surface area contributed by atoms with Crippen LogP contribution in [-0.2, 0) is 6.42 Å². The van der Waals surface area contributed by atoms with Crippen molar-refractivity contribution in [3.8, 4) is 5.69 Å². The molecule has 1 aliphatic heterocycles. The molecule has 1 aliphatic rings. The van der Waals surface area contributed by atoms with Gasteiger partial charge >= 0.3 is 0 Å². The molecule has 0 aliphatic carbocycles. The molecular formula is C27H32N6. The van der Waals surface area contributed by atoms with Crippen LogP contribution in [0, 0.1) is 0 Å². The largest absolute Gasteiger partial charge is 0.355 e. The second-order valence-electron chi connectivity index (χ2n) is 8.79. The van der Waals surface area contributed by atoms with E-state index in [0.29, 0.717) is 6.42 Å². The molecular weight excluding hydrogens is 408 g/mol. The van der Waals surface area contributed by atoms with Crippen LogP contribution in [-0.4, -0.2) is 57.4 Å². The molecule has 0 radical (unpaired) electrons. The van der Waals surface area contributed by atoms with Gasteiger partial charge in [-0.2, -0.15) is 5.10 Å². The van der Waals surface area contributed by atoms with Gasteiger partial charge in [0.2, 0.25) is 0 Å². The summed E-state index contributed by atoms with van der Waals surface area (Å²) in [7, 11) is 0.